The predicted octanol–water partition coefficient (Wildman–Crippen LogP) is 1.33. The number of hydrogen-bond donors (Lipinski definition) is 3. The second-order valence-corrected chi connectivity index (χ2v) is 4.39. The molecule has 0 unspecified atom stereocenters. The molecular weight excluding hydrogens is 264 g/mol. The summed E-state index contributed by atoms with van der Waals surface area (Å²) in [5, 5.41) is 20.5. The van der Waals surface area contributed by atoms with Crippen LogP contribution in [0.5, 0.6) is 0 Å². The topological polar surface area (TPSA) is 99.1 Å². The Morgan fingerprint density at radius 3 is 2.65 bits per heavy atom. The van der Waals surface area contributed by atoms with Crippen molar-refractivity contribution < 1.29 is 24.5 Å². The van der Waals surface area contributed by atoms with E-state index in [4.69, 9.17) is 9.84 Å². The number of rotatable bonds is 5. The number of nitrogens with one attached hydrogen (secondary N) is 1. The van der Waals surface area contributed by atoms with Crippen molar-refractivity contribution in [2.24, 2.45) is 0 Å². The number of carbonyl (C=O) groups is 2. The van der Waals surface area contributed by atoms with Crippen LogP contribution in [0.15, 0.2) is 24.3 Å². The van der Waals surface area contributed by atoms with Crippen molar-refractivity contribution in [1.82, 2.24) is 5.32 Å². The highest BCUT2D eigenvalue weighted by atomic mass is 16.6. The molecule has 7 heteroatoms. The highest BCUT2D eigenvalue weighted by molar-refractivity contribution is 5.89. The third-order valence-corrected chi connectivity index (χ3v) is 3.04. The quantitative estimate of drug-likeness (QED) is 0.755. The van der Waals surface area contributed by atoms with Crippen LogP contribution in [-0.4, -0.2) is 42.1 Å². The van der Waals surface area contributed by atoms with E-state index < -0.39 is 12.2 Å². The smallest absolute Gasteiger partial charge is 0.414 e. The minimum atomic E-state index is -1.11. The molecule has 2 amide bonds. The van der Waals surface area contributed by atoms with Gasteiger partial charge in [-0.15, -0.1) is 0 Å². The molecule has 108 valence electrons. The maximum atomic E-state index is 11.4. The van der Waals surface area contributed by atoms with E-state index in [2.05, 4.69) is 5.32 Å². The van der Waals surface area contributed by atoms with Gasteiger partial charge in [-0.1, -0.05) is 12.1 Å². The maximum Gasteiger partial charge on any atom is 0.414 e. The number of cyclic esters (lactones) is 1. The normalized spacial score (nSPS) is 15.8. The molecular formula is C13H16N2O5. The average molecular weight is 280 g/mol. The van der Waals surface area contributed by atoms with Crippen LogP contribution in [0, 0.1) is 0 Å². The van der Waals surface area contributed by atoms with Gasteiger partial charge in [0.25, 0.3) is 0 Å². The summed E-state index contributed by atoms with van der Waals surface area (Å²) < 4.78 is 4.85. The first-order chi connectivity index (χ1) is 9.58. The number of aliphatic hydroxyl groups is 1. The summed E-state index contributed by atoms with van der Waals surface area (Å²) in [6.45, 7) is 1.07. The molecule has 20 heavy (non-hydrogen) atoms. The van der Waals surface area contributed by atoms with Crippen molar-refractivity contribution >= 4 is 17.9 Å². The van der Waals surface area contributed by atoms with Crippen LogP contribution in [0.3, 0.4) is 0 Å². The Morgan fingerprint density at radius 2 is 2.10 bits per heavy atom. The van der Waals surface area contributed by atoms with E-state index in [9.17, 15) is 14.7 Å². The number of aliphatic hydroxyl groups excluding tert-OH is 1. The van der Waals surface area contributed by atoms with Crippen LogP contribution < -0.4 is 10.2 Å². The largest absolute Gasteiger partial charge is 0.465 e. The van der Waals surface area contributed by atoms with Gasteiger partial charge in [0.05, 0.1) is 12.6 Å². The lowest BCUT2D eigenvalue weighted by Gasteiger charge is -2.15. The van der Waals surface area contributed by atoms with Gasteiger partial charge in [0, 0.05) is 12.2 Å². The minimum Gasteiger partial charge on any atom is -0.465 e. The molecule has 1 aromatic carbocycles. The summed E-state index contributed by atoms with van der Waals surface area (Å²) in [5.74, 6) is 0. The van der Waals surface area contributed by atoms with Crippen molar-refractivity contribution in [3.63, 3.8) is 0 Å². The molecule has 2 rings (SSSR count). The molecule has 3 N–H and O–H groups in total. The summed E-state index contributed by atoms with van der Waals surface area (Å²) in [4.78, 5) is 23.2. The van der Waals surface area contributed by atoms with Crippen LogP contribution >= 0.6 is 0 Å². The first kappa shape index (κ1) is 14.1. The van der Waals surface area contributed by atoms with E-state index in [1.54, 1.807) is 24.3 Å². The highest BCUT2D eigenvalue weighted by Crippen LogP contribution is 2.23. The lowest BCUT2D eigenvalue weighted by atomic mass is 10.1. The highest BCUT2D eigenvalue weighted by Gasteiger charge is 2.23. The molecule has 7 nitrogen and oxygen atoms in total. The van der Waals surface area contributed by atoms with Crippen molar-refractivity contribution in [2.45, 2.75) is 12.5 Å². The van der Waals surface area contributed by atoms with Crippen LogP contribution in [0.25, 0.3) is 0 Å². The van der Waals surface area contributed by atoms with Gasteiger partial charge < -0.3 is 20.3 Å². The summed E-state index contributed by atoms with van der Waals surface area (Å²) in [7, 11) is 0. The van der Waals surface area contributed by atoms with E-state index in [0.29, 0.717) is 24.4 Å². The Hall–Kier alpha value is -2.28. The molecule has 0 bridgehead atoms. The third-order valence-electron chi connectivity index (χ3n) is 3.04. The molecule has 1 heterocycles. The summed E-state index contributed by atoms with van der Waals surface area (Å²) in [5.41, 5.74) is 1.39. The Kier molecular flexibility index (Phi) is 4.41. The van der Waals surface area contributed by atoms with Gasteiger partial charge in [-0.3, -0.25) is 4.90 Å². The van der Waals surface area contributed by atoms with E-state index in [0.717, 1.165) is 0 Å². The minimum absolute atomic E-state index is 0.177. The summed E-state index contributed by atoms with van der Waals surface area (Å²) in [6, 6.07) is 6.89. The Morgan fingerprint density at radius 1 is 1.40 bits per heavy atom. The van der Waals surface area contributed by atoms with Crippen LogP contribution in [0.1, 0.15) is 18.1 Å². The molecule has 1 saturated heterocycles. The molecule has 1 aliphatic rings. The van der Waals surface area contributed by atoms with Crippen molar-refractivity contribution in [3.8, 4) is 0 Å². The van der Waals surface area contributed by atoms with Gasteiger partial charge in [0.2, 0.25) is 0 Å². The number of nitrogens with zero attached hydrogens (tertiary/aromatic N) is 1. The van der Waals surface area contributed by atoms with Gasteiger partial charge in [0.1, 0.15) is 6.61 Å². The van der Waals surface area contributed by atoms with Gasteiger partial charge in [-0.25, -0.2) is 9.59 Å². The van der Waals surface area contributed by atoms with Crippen LogP contribution in [-0.2, 0) is 4.74 Å². The lowest BCUT2D eigenvalue weighted by molar-refractivity contribution is 0.162. The van der Waals surface area contributed by atoms with E-state index in [1.165, 1.54) is 4.90 Å². The number of amides is 2. The van der Waals surface area contributed by atoms with E-state index in [-0.39, 0.29) is 19.1 Å². The first-order valence-corrected chi connectivity index (χ1v) is 6.27. The van der Waals surface area contributed by atoms with Crippen LogP contribution in [0.4, 0.5) is 15.3 Å². The molecule has 0 spiro atoms. The zero-order chi connectivity index (χ0) is 14.5. The average Bonchev–Trinajstić information content (AvgIpc) is 2.84. The second-order valence-electron chi connectivity index (χ2n) is 4.39. The second kappa shape index (κ2) is 6.25. The number of carboxylic acid groups (broad SMARTS) is 1. The Labute approximate surface area is 115 Å². The zero-order valence-corrected chi connectivity index (χ0v) is 10.8. The number of hydrogen-bond acceptors (Lipinski definition) is 4. The first-order valence-electron chi connectivity index (χ1n) is 6.27. The molecule has 0 radical (unpaired) electrons. The molecule has 0 aromatic heterocycles. The van der Waals surface area contributed by atoms with Gasteiger partial charge in [-0.2, -0.15) is 0 Å². The third kappa shape index (κ3) is 3.39. The van der Waals surface area contributed by atoms with Crippen molar-refractivity contribution in [2.75, 3.05) is 24.6 Å². The number of benzene rings is 1. The fourth-order valence-electron chi connectivity index (χ4n) is 1.99. The molecule has 1 aliphatic heterocycles. The number of carbonyl (C=O) groups excluding carboxylic acids is 1. The molecule has 0 saturated carbocycles. The van der Waals surface area contributed by atoms with Gasteiger partial charge in [-0.05, 0) is 24.1 Å². The number of ether oxygens (including phenoxy) is 1. The Bertz CT molecular complexity index is 488. The van der Waals surface area contributed by atoms with E-state index >= 15 is 0 Å². The summed E-state index contributed by atoms with van der Waals surface area (Å²) in [6.07, 6.45) is -1.94. The monoisotopic (exact) mass is 280 g/mol. The summed E-state index contributed by atoms with van der Waals surface area (Å²) >= 11 is 0. The zero-order valence-electron chi connectivity index (χ0n) is 10.8. The van der Waals surface area contributed by atoms with Gasteiger partial charge in [0.15, 0.2) is 0 Å². The predicted molar refractivity (Wildman–Crippen MR) is 70.7 cm³/mol. The van der Waals surface area contributed by atoms with Gasteiger partial charge >= 0.3 is 12.2 Å². The fourth-order valence-corrected chi connectivity index (χ4v) is 1.99. The standard InChI is InChI=1S/C13H16N2O5/c16-11(5-6-14-12(17)18)9-1-3-10(4-2-9)15-7-8-20-13(15)19/h1-4,11,14,16H,5-8H2,(H,17,18)/t11-/m0/s1. The molecule has 1 aromatic rings. The molecule has 1 atom stereocenters. The maximum absolute atomic E-state index is 11.4. The van der Waals surface area contributed by atoms with Crippen molar-refractivity contribution in [3.05, 3.63) is 29.8 Å². The van der Waals surface area contributed by atoms with Crippen molar-refractivity contribution in [1.29, 1.82) is 0 Å². The fraction of sp³-hybridized carbons (Fsp3) is 0.385. The molecule has 0 aliphatic carbocycles. The SMILES string of the molecule is O=C(O)NCC[C@H](O)c1ccc(N2CCOC2=O)cc1. The van der Waals surface area contributed by atoms with Crippen LogP contribution in [0.2, 0.25) is 0 Å². The Balaban J connectivity index is 1.93. The number of anilines is 1. The lowest BCUT2D eigenvalue weighted by Crippen LogP contribution is -2.24. The van der Waals surface area contributed by atoms with E-state index in [1.807, 2.05) is 0 Å². The molecule has 1 fully saturated rings.